The number of carbonyl (C=O) groups excluding carboxylic acids is 2. The molecule has 7 heteroatoms. The number of hydrogen-bond acceptors (Lipinski definition) is 5. The number of hydrogen-bond donors (Lipinski definition) is 2. The van der Waals surface area contributed by atoms with Crippen molar-refractivity contribution in [3.05, 3.63) is 109 Å². The number of rotatable bonds is 7. The van der Waals surface area contributed by atoms with Crippen molar-refractivity contribution in [2.75, 3.05) is 5.32 Å². The van der Waals surface area contributed by atoms with Gasteiger partial charge in [-0.25, -0.2) is 9.78 Å². The topological polar surface area (TPSA) is 93.3 Å². The van der Waals surface area contributed by atoms with Crippen molar-refractivity contribution in [1.29, 1.82) is 0 Å². The number of amides is 1. The third kappa shape index (κ3) is 5.26. The predicted octanol–water partition coefficient (Wildman–Crippen LogP) is 6.21. The highest BCUT2D eigenvalue weighted by molar-refractivity contribution is 5.98. The standard InChI is InChI=1S/C29H23N3O4/c1-19(28(33)30-22-13-15-24(16-14-22)36-23-10-6-3-7-11-23)35-29(34)21-12-17-25-26(18-21)32-27(31-25)20-8-4-2-5-9-20/h2-19H,1H3,(H,30,33)(H,31,32). The molecular weight excluding hydrogens is 454 g/mol. The van der Waals surface area contributed by atoms with E-state index in [1.807, 2.05) is 60.7 Å². The third-order valence-corrected chi connectivity index (χ3v) is 5.52. The van der Waals surface area contributed by atoms with E-state index in [0.29, 0.717) is 28.3 Å². The number of carbonyl (C=O) groups is 2. The molecule has 5 rings (SSSR count). The van der Waals surface area contributed by atoms with Gasteiger partial charge in [0.15, 0.2) is 6.10 Å². The molecular formula is C29H23N3O4. The summed E-state index contributed by atoms with van der Waals surface area (Å²) in [6.45, 7) is 1.53. The molecule has 0 saturated heterocycles. The van der Waals surface area contributed by atoms with Gasteiger partial charge in [0, 0.05) is 11.3 Å². The zero-order valence-corrected chi connectivity index (χ0v) is 19.5. The van der Waals surface area contributed by atoms with Gasteiger partial charge >= 0.3 is 5.97 Å². The highest BCUT2D eigenvalue weighted by Crippen LogP contribution is 2.24. The highest BCUT2D eigenvalue weighted by atomic mass is 16.5. The maximum Gasteiger partial charge on any atom is 0.338 e. The van der Waals surface area contributed by atoms with Gasteiger partial charge in [-0.3, -0.25) is 4.79 Å². The van der Waals surface area contributed by atoms with Crippen LogP contribution in [0.15, 0.2) is 103 Å². The lowest BCUT2D eigenvalue weighted by Crippen LogP contribution is -2.30. The van der Waals surface area contributed by atoms with Gasteiger partial charge in [0.05, 0.1) is 16.6 Å². The normalized spacial score (nSPS) is 11.6. The van der Waals surface area contributed by atoms with Crippen molar-refractivity contribution in [2.24, 2.45) is 0 Å². The first kappa shape index (κ1) is 22.9. The number of aromatic nitrogens is 2. The average molecular weight is 478 g/mol. The number of esters is 1. The number of nitrogens with zero attached hydrogens (tertiary/aromatic N) is 1. The van der Waals surface area contributed by atoms with Crippen LogP contribution in [-0.4, -0.2) is 27.9 Å². The number of ether oxygens (including phenoxy) is 2. The summed E-state index contributed by atoms with van der Waals surface area (Å²) in [6.07, 6.45) is -0.991. The maximum atomic E-state index is 12.7. The second-order valence-corrected chi connectivity index (χ2v) is 8.16. The minimum absolute atomic E-state index is 0.327. The van der Waals surface area contributed by atoms with Gasteiger partial charge in [0.2, 0.25) is 0 Å². The lowest BCUT2D eigenvalue weighted by Gasteiger charge is -2.14. The SMILES string of the molecule is CC(OC(=O)c1ccc2nc(-c3ccccc3)[nH]c2c1)C(=O)Nc1ccc(Oc2ccccc2)cc1. The van der Waals surface area contributed by atoms with Crippen LogP contribution in [0.4, 0.5) is 5.69 Å². The Kier molecular flexibility index (Phi) is 6.44. The van der Waals surface area contributed by atoms with Crippen molar-refractivity contribution in [3.63, 3.8) is 0 Å². The fourth-order valence-electron chi connectivity index (χ4n) is 3.63. The summed E-state index contributed by atoms with van der Waals surface area (Å²) in [7, 11) is 0. The van der Waals surface area contributed by atoms with Crippen molar-refractivity contribution in [3.8, 4) is 22.9 Å². The maximum absolute atomic E-state index is 12.7. The number of imidazole rings is 1. The second kappa shape index (κ2) is 10.1. The Morgan fingerprint density at radius 1 is 0.833 bits per heavy atom. The minimum Gasteiger partial charge on any atom is -0.457 e. The van der Waals surface area contributed by atoms with E-state index < -0.39 is 18.0 Å². The highest BCUT2D eigenvalue weighted by Gasteiger charge is 2.20. The van der Waals surface area contributed by atoms with E-state index in [1.54, 1.807) is 42.5 Å². The Morgan fingerprint density at radius 2 is 1.50 bits per heavy atom. The zero-order valence-electron chi connectivity index (χ0n) is 19.5. The number of para-hydroxylation sites is 1. The zero-order chi connectivity index (χ0) is 24.9. The summed E-state index contributed by atoms with van der Waals surface area (Å²) in [6, 6.07) is 31.1. The van der Waals surface area contributed by atoms with Crippen LogP contribution >= 0.6 is 0 Å². The van der Waals surface area contributed by atoms with Gasteiger partial charge in [-0.2, -0.15) is 0 Å². The molecule has 1 aromatic heterocycles. The van der Waals surface area contributed by atoms with Crippen LogP contribution in [0.5, 0.6) is 11.5 Å². The average Bonchev–Trinajstić information content (AvgIpc) is 3.34. The first-order valence-corrected chi connectivity index (χ1v) is 11.5. The molecule has 4 aromatic carbocycles. The Bertz CT molecular complexity index is 1500. The summed E-state index contributed by atoms with van der Waals surface area (Å²) in [5, 5.41) is 2.75. The number of fused-ring (bicyclic) bond motifs is 1. The molecule has 1 amide bonds. The van der Waals surface area contributed by atoms with Crippen LogP contribution in [0.25, 0.3) is 22.4 Å². The number of anilines is 1. The summed E-state index contributed by atoms with van der Waals surface area (Å²) in [5.41, 5.74) is 3.28. The molecule has 0 fully saturated rings. The van der Waals surface area contributed by atoms with Crippen LogP contribution in [0, 0.1) is 0 Å². The molecule has 5 aromatic rings. The van der Waals surface area contributed by atoms with Crippen molar-refractivity contribution in [1.82, 2.24) is 9.97 Å². The molecule has 1 unspecified atom stereocenters. The van der Waals surface area contributed by atoms with E-state index in [9.17, 15) is 9.59 Å². The number of aromatic amines is 1. The van der Waals surface area contributed by atoms with Gasteiger partial charge in [-0.05, 0) is 61.5 Å². The van der Waals surface area contributed by atoms with Gasteiger partial charge in [0.25, 0.3) is 5.91 Å². The van der Waals surface area contributed by atoms with E-state index in [2.05, 4.69) is 15.3 Å². The Balaban J connectivity index is 1.20. The Hall–Kier alpha value is -4.91. The number of nitrogens with one attached hydrogen (secondary N) is 2. The minimum atomic E-state index is -0.991. The molecule has 1 heterocycles. The fraction of sp³-hybridized carbons (Fsp3) is 0.0690. The molecule has 7 nitrogen and oxygen atoms in total. The molecule has 0 aliphatic heterocycles. The van der Waals surface area contributed by atoms with Gasteiger partial charge in [0.1, 0.15) is 17.3 Å². The van der Waals surface area contributed by atoms with E-state index in [-0.39, 0.29) is 0 Å². The smallest absolute Gasteiger partial charge is 0.338 e. The molecule has 0 saturated carbocycles. The largest absolute Gasteiger partial charge is 0.457 e. The molecule has 0 bridgehead atoms. The van der Waals surface area contributed by atoms with E-state index >= 15 is 0 Å². The summed E-state index contributed by atoms with van der Waals surface area (Å²) in [5.74, 6) is 1.04. The van der Waals surface area contributed by atoms with E-state index in [4.69, 9.17) is 9.47 Å². The first-order chi connectivity index (χ1) is 17.5. The molecule has 0 spiro atoms. The van der Waals surface area contributed by atoms with Gasteiger partial charge in [-0.1, -0.05) is 48.5 Å². The molecule has 1 atom stereocenters. The quantitative estimate of drug-likeness (QED) is 0.272. The van der Waals surface area contributed by atoms with Crippen LogP contribution in [0.3, 0.4) is 0 Å². The monoisotopic (exact) mass is 477 g/mol. The molecule has 0 radical (unpaired) electrons. The molecule has 178 valence electrons. The summed E-state index contributed by atoms with van der Waals surface area (Å²) in [4.78, 5) is 33.1. The first-order valence-electron chi connectivity index (χ1n) is 11.5. The number of benzene rings is 4. The van der Waals surface area contributed by atoms with Crippen LogP contribution in [0.2, 0.25) is 0 Å². The summed E-state index contributed by atoms with van der Waals surface area (Å²) < 4.78 is 11.2. The van der Waals surface area contributed by atoms with E-state index in [0.717, 1.165) is 16.8 Å². The van der Waals surface area contributed by atoms with Crippen LogP contribution in [0.1, 0.15) is 17.3 Å². The molecule has 0 aliphatic carbocycles. The summed E-state index contributed by atoms with van der Waals surface area (Å²) >= 11 is 0. The molecule has 0 aliphatic rings. The van der Waals surface area contributed by atoms with Crippen molar-refractivity contribution in [2.45, 2.75) is 13.0 Å². The Morgan fingerprint density at radius 3 is 2.22 bits per heavy atom. The third-order valence-electron chi connectivity index (χ3n) is 5.52. The number of H-pyrrole nitrogens is 1. The lowest BCUT2D eigenvalue weighted by molar-refractivity contribution is -0.123. The lowest BCUT2D eigenvalue weighted by atomic mass is 10.2. The molecule has 2 N–H and O–H groups in total. The molecule has 36 heavy (non-hydrogen) atoms. The van der Waals surface area contributed by atoms with Crippen molar-refractivity contribution < 1.29 is 19.1 Å². The van der Waals surface area contributed by atoms with Gasteiger partial charge < -0.3 is 19.8 Å². The second-order valence-electron chi connectivity index (χ2n) is 8.16. The predicted molar refractivity (Wildman–Crippen MR) is 138 cm³/mol. The van der Waals surface area contributed by atoms with Crippen molar-refractivity contribution >= 4 is 28.6 Å². The van der Waals surface area contributed by atoms with E-state index in [1.165, 1.54) is 6.92 Å². The van der Waals surface area contributed by atoms with Crippen LogP contribution in [-0.2, 0) is 9.53 Å². The van der Waals surface area contributed by atoms with Crippen LogP contribution < -0.4 is 10.1 Å². The Labute approximate surface area is 207 Å². The van der Waals surface area contributed by atoms with Gasteiger partial charge in [-0.15, -0.1) is 0 Å². The fourth-order valence-corrected chi connectivity index (χ4v) is 3.63.